The summed E-state index contributed by atoms with van der Waals surface area (Å²) < 4.78 is 1.49. The number of para-hydroxylation sites is 1. The number of nitrogens with zero attached hydrogens (tertiary/aromatic N) is 5. The fourth-order valence-corrected chi connectivity index (χ4v) is 5.72. The van der Waals surface area contributed by atoms with Crippen molar-refractivity contribution in [1.29, 1.82) is 0 Å². The Balaban J connectivity index is 1.44. The molecular formula is C18H19N7O4S2. The van der Waals surface area contributed by atoms with Crippen molar-refractivity contribution in [2.24, 2.45) is 7.05 Å². The van der Waals surface area contributed by atoms with Gasteiger partial charge in [-0.2, -0.15) is 0 Å². The Morgan fingerprint density at radius 2 is 2.16 bits per heavy atom. The van der Waals surface area contributed by atoms with E-state index in [-0.39, 0.29) is 18.0 Å². The van der Waals surface area contributed by atoms with Gasteiger partial charge in [0.2, 0.25) is 11.1 Å². The number of carbonyl (C=O) groups excluding carboxylic acids is 2. The number of thioether (sulfide) groups is 2. The number of hydrogen-bond donors (Lipinski definition) is 3. The Morgan fingerprint density at radius 3 is 2.84 bits per heavy atom. The van der Waals surface area contributed by atoms with Crippen LogP contribution in [0.2, 0.25) is 0 Å². The summed E-state index contributed by atoms with van der Waals surface area (Å²) in [6.45, 7) is 0. The lowest BCUT2D eigenvalue weighted by Gasteiger charge is -2.49. The van der Waals surface area contributed by atoms with Crippen molar-refractivity contribution in [3.8, 4) is 0 Å². The molecule has 1 aromatic carbocycles. The average molecular weight is 462 g/mol. The second-order valence-corrected chi connectivity index (χ2v) is 9.01. The number of aryl methyl sites for hydroxylation is 1. The Kier molecular flexibility index (Phi) is 5.87. The van der Waals surface area contributed by atoms with Gasteiger partial charge in [0.25, 0.3) is 5.91 Å². The van der Waals surface area contributed by atoms with Crippen LogP contribution in [0.1, 0.15) is 5.56 Å². The molecule has 1 aromatic heterocycles. The van der Waals surface area contributed by atoms with E-state index >= 15 is 0 Å². The van der Waals surface area contributed by atoms with Crippen molar-refractivity contribution in [2.45, 2.75) is 23.0 Å². The van der Waals surface area contributed by atoms with Gasteiger partial charge in [-0.25, -0.2) is 9.48 Å². The minimum absolute atomic E-state index is 0.0332. The number of carboxylic acids is 1. The summed E-state index contributed by atoms with van der Waals surface area (Å²) in [6, 6.07) is 6.25. The zero-order valence-corrected chi connectivity index (χ0v) is 18.0. The highest BCUT2D eigenvalue weighted by molar-refractivity contribution is 8.01. The van der Waals surface area contributed by atoms with Crippen LogP contribution < -0.4 is 11.1 Å². The molecular weight excluding hydrogens is 442 g/mol. The van der Waals surface area contributed by atoms with Gasteiger partial charge in [0, 0.05) is 24.2 Å². The van der Waals surface area contributed by atoms with E-state index in [0.717, 1.165) is 0 Å². The molecule has 31 heavy (non-hydrogen) atoms. The number of aliphatic carboxylic acids is 1. The van der Waals surface area contributed by atoms with Crippen molar-refractivity contribution >= 4 is 47.0 Å². The van der Waals surface area contributed by atoms with Crippen LogP contribution in [0.3, 0.4) is 0 Å². The maximum atomic E-state index is 12.7. The van der Waals surface area contributed by atoms with Crippen LogP contribution in [0.15, 0.2) is 40.7 Å². The van der Waals surface area contributed by atoms with E-state index in [4.69, 9.17) is 5.73 Å². The molecule has 0 saturated carbocycles. The van der Waals surface area contributed by atoms with Gasteiger partial charge in [0.15, 0.2) is 0 Å². The van der Waals surface area contributed by atoms with Crippen LogP contribution >= 0.6 is 23.5 Å². The maximum absolute atomic E-state index is 12.7. The van der Waals surface area contributed by atoms with E-state index in [1.165, 1.54) is 33.1 Å². The van der Waals surface area contributed by atoms with Crippen molar-refractivity contribution in [2.75, 3.05) is 17.2 Å². The number of nitrogens with one attached hydrogen (secondary N) is 1. The average Bonchev–Trinajstić information content (AvgIpc) is 3.16. The zero-order valence-electron chi connectivity index (χ0n) is 16.4. The number of carbonyl (C=O) groups is 3. The van der Waals surface area contributed by atoms with Crippen molar-refractivity contribution in [3.63, 3.8) is 0 Å². The summed E-state index contributed by atoms with van der Waals surface area (Å²) in [5.41, 5.74) is 7.62. The first kappa shape index (κ1) is 21.2. The molecule has 0 radical (unpaired) electrons. The maximum Gasteiger partial charge on any atom is 0.352 e. The number of rotatable bonds is 7. The lowest BCUT2D eigenvalue weighted by Crippen LogP contribution is -2.70. The summed E-state index contributed by atoms with van der Waals surface area (Å²) >= 11 is 2.72. The first-order chi connectivity index (χ1) is 14.9. The summed E-state index contributed by atoms with van der Waals surface area (Å²) in [5.74, 6) is -1.19. The quantitative estimate of drug-likeness (QED) is 0.288. The third kappa shape index (κ3) is 4.10. The number of aromatic nitrogens is 4. The molecule has 1 saturated heterocycles. The number of carboxylic acid groups (broad SMARTS) is 1. The minimum Gasteiger partial charge on any atom is -0.477 e. The topological polar surface area (TPSA) is 156 Å². The second kappa shape index (κ2) is 8.59. The van der Waals surface area contributed by atoms with E-state index in [1.807, 2.05) is 0 Å². The van der Waals surface area contributed by atoms with Gasteiger partial charge in [0.05, 0.1) is 6.42 Å². The number of fused-ring (bicyclic) bond motifs is 1. The smallest absolute Gasteiger partial charge is 0.352 e. The van der Waals surface area contributed by atoms with Crippen LogP contribution in [0.4, 0.5) is 5.69 Å². The molecule has 4 rings (SSSR count). The number of nitrogen functional groups attached to an aromatic ring is 1. The SMILES string of the molecule is Cn1nnnc1SCC1=C(C(=O)O)N2C(=O)C(NC(=O)Cc3ccccc3N)[C@H]2SC1. The van der Waals surface area contributed by atoms with Crippen LogP contribution in [0.25, 0.3) is 0 Å². The van der Waals surface area contributed by atoms with Gasteiger partial charge in [-0.1, -0.05) is 30.0 Å². The predicted molar refractivity (Wildman–Crippen MR) is 114 cm³/mol. The molecule has 0 aliphatic carbocycles. The van der Waals surface area contributed by atoms with E-state index in [2.05, 4.69) is 20.8 Å². The van der Waals surface area contributed by atoms with Gasteiger partial charge < -0.3 is 16.2 Å². The van der Waals surface area contributed by atoms with Crippen LogP contribution in [-0.4, -0.2) is 70.9 Å². The summed E-state index contributed by atoms with van der Waals surface area (Å²) in [5, 5.41) is 23.7. The standard InChI is InChI=1S/C18H19N7O4S2/c1-24-18(21-22-23-24)31-8-10-7-30-16-13(15(27)25(16)14(10)17(28)29)20-12(26)6-9-4-2-3-5-11(9)19/h2-5,13,16H,6-8,19H2,1H3,(H,20,26)(H,28,29)/t13?,16-/m1/s1. The first-order valence-electron chi connectivity index (χ1n) is 9.24. The molecule has 0 spiro atoms. The molecule has 2 aliphatic heterocycles. The molecule has 0 bridgehead atoms. The molecule has 162 valence electrons. The van der Waals surface area contributed by atoms with Gasteiger partial charge >= 0.3 is 5.97 Å². The molecule has 2 atom stereocenters. The van der Waals surface area contributed by atoms with Gasteiger partial charge in [-0.15, -0.1) is 16.9 Å². The minimum atomic E-state index is -1.17. The number of tetrazole rings is 1. The monoisotopic (exact) mass is 461 g/mol. The number of nitrogens with two attached hydrogens (primary N) is 1. The Hall–Kier alpha value is -3.06. The molecule has 13 heteroatoms. The van der Waals surface area contributed by atoms with E-state index in [1.54, 1.807) is 31.3 Å². The van der Waals surface area contributed by atoms with Crippen LogP contribution in [-0.2, 0) is 27.9 Å². The van der Waals surface area contributed by atoms with Crippen molar-refractivity contribution in [3.05, 3.63) is 41.1 Å². The molecule has 3 heterocycles. The van der Waals surface area contributed by atoms with Crippen LogP contribution in [0.5, 0.6) is 0 Å². The molecule has 11 nitrogen and oxygen atoms in total. The molecule has 1 unspecified atom stereocenters. The Morgan fingerprint density at radius 1 is 1.39 bits per heavy atom. The highest BCUT2D eigenvalue weighted by Crippen LogP contribution is 2.41. The summed E-state index contributed by atoms with van der Waals surface area (Å²) in [7, 11) is 1.69. The normalized spacial score (nSPS) is 20.3. The first-order valence-corrected chi connectivity index (χ1v) is 11.3. The highest BCUT2D eigenvalue weighted by Gasteiger charge is 2.54. The van der Waals surface area contributed by atoms with E-state index < -0.39 is 23.3 Å². The predicted octanol–water partition coefficient (Wildman–Crippen LogP) is -0.134. The number of β-lactam (4-membered cyclic amide) rings is 1. The van der Waals surface area contributed by atoms with Crippen molar-refractivity contribution in [1.82, 2.24) is 30.4 Å². The van der Waals surface area contributed by atoms with Crippen molar-refractivity contribution < 1.29 is 19.5 Å². The second-order valence-electron chi connectivity index (χ2n) is 6.96. The molecule has 4 N–H and O–H groups in total. The Bertz CT molecular complexity index is 1090. The van der Waals surface area contributed by atoms with E-state index in [0.29, 0.717) is 33.5 Å². The third-order valence-corrected chi connectivity index (χ3v) is 7.37. The number of amides is 2. The molecule has 1 fully saturated rings. The van der Waals surface area contributed by atoms with Crippen LogP contribution in [0, 0.1) is 0 Å². The van der Waals surface area contributed by atoms with Gasteiger partial charge in [-0.05, 0) is 27.6 Å². The lowest BCUT2D eigenvalue weighted by atomic mass is 10.0. The highest BCUT2D eigenvalue weighted by atomic mass is 32.2. The lowest BCUT2D eigenvalue weighted by molar-refractivity contribution is -0.150. The fraction of sp³-hybridized carbons (Fsp3) is 0.333. The molecule has 2 aliphatic rings. The zero-order chi connectivity index (χ0) is 22.1. The fourth-order valence-electron chi connectivity index (χ4n) is 3.38. The Labute approximate surface area is 185 Å². The van der Waals surface area contributed by atoms with Gasteiger partial charge in [0.1, 0.15) is 17.1 Å². The number of hydrogen-bond acceptors (Lipinski definition) is 9. The largest absolute Gasteiger partial charge is 0.477 e. The summed E-state index contributed by atoms with van der Waals surface area (Å²) in [4.78, 5) is 38.3. The molecule has 2 aromatic rings. The number of benzene rings is 1. The summed E-state index contributed by atoms with van der Waals surface area (Å²) in [6.07, 6.45) is 0.0447. The third-order valence-electron chi connectivity index (χ3n) is 4.93. The van der Waals surface area contributed by atoms with Gasteiger partial charge in [-0.3, -0.25) is 14.5 Å². The van der Waals surface area contributed by atoms with E-state index in [9.17, 15) is 19.5 Å². The number of anilines is 1. The molecule has 2 amide bonds.